The molecular weight excluding hydrogens is 451 g/mol. The molecule has 2 aliphatic heterocycles. The summed E-state index contributed by atoms with van der Waals surface area (Å²) in [4.78, 5) is 43.0. The minimum Gasteiger partial charge on any atom is -0.461 e. The predicted octanol–water partition coefficient (Wildman–Crippen LogP) is 4.44. The Morgan fingerprint density at radius 1 is 1.21 bits per heavy atom. The summed E-state index contributed by atoms with van der Waals surface area (Å²) in [6, 6.07) is 9.07. The second-order valence-electron chi connectivity index (χ2n) is 8.15. The topological polar surface area (TPSA) is 88.7 Å². The molecule has 1 N–H and O–H groups in total. The zero-order valence-corrected chi connectivity index (χ0v) is 18.5. The van der Waals surface area contributed by atoms with E-state index in [9.17, 15) is 18.8 Å². The van der Waals surface area contributed by atoms with Crippen LogP contribution in [0, 0.1) is 5.82 Å². The molecular formula is C24H20ClFN2O5. The van der Waals surface area contributed by atoms with Crippen LogP contribution in [-0.4, -0.2) is 47.4 Å². The van der Waals surface area contributed by atoms with Gasteiger partial charge in [-0.1, -0.05) is 23.7 Å². The van der Waals surface area contributed by atoms with Gasteiger partial charge in [0.25, 0.3) is 5.91 Å². The number of nitrogens with zero attached hydrogens (tertiary/aromatic N) is 1. The summed E-state index contributed by atoms with van der Waals surface area (Å²) in [6.07, 6.45) is 0.734. The predicted molar refractivity (Wildman–Crippen MR) is 118 cm³/mol. The lowest BCUT2D eigenvalue weighted by atomic mass is 9.83. The number of halogens is 2. The van der Waals surface area contributed by atoms with Gasteiger partial charge in [0.1, 0.15) is 17.1 Å². The number of carbonyl (C=O) groups excluding carboxylic acids is 3. The number of aromatic nitrogens is 1. The normalized spacial score (nSPS) is 16.7. The third-order valence-electron chi connectivity index (χ3n) is 6.29. The van der Waals surface area contributed by atoms with E-state index in [2.05, 4.69) is 4.98 Å². The van der Waals surface area contributed by atoms with Gasteiger partial charge in [-0.3, -0.25) is 4.79 Å². The molecule has 0 radical (unpaired) electrons. The number of amides is 1. The van der Waals surface area contributed by atoms with Crippen LogP contribution < -0.4 is 0 Å². The number of piperidine rings is 1. The minimum atomic E-state index is -0.880. The van der Waals surface area contributed by atoms with Gasteiger partial charge in [-0.25, -0.2) is 14.0 Å². The summed E-state index contributed by atoms with van der Waals surface area (Å²) in [5.74, 6) is -2.00. The quantitative estimate of drug-likeness (QED) is 0.572. The minimum absolute atomic E-state index is 0.0764. The average Bonchev–Trinajstić information content (AvgIpc) is 3.29. The third kappa shape index (κ3) is 3.45. The highest BCUT2D eigenvalue weighted by molar-refractivity contribution is 6.31. The number of fused-ring (bicyclic) bond motifs is 3. The molecule has 9 heteroatoms. The maximum Gasteiger partial charge on any atom is 0.355 e. The van der Waals surface area contributed by atoms with Crippen molar-refractivity contribution in [2.24, 2.45) is 0 Å². The molecule has 1 spiro atoms. The fourth-order valence-corrected chi connectivity index (χ4v) is 4.89. The van der Waals surface area contributed by atoms with Crippen molar-refractivity contribution in [2.45, 2.75) is 25.4 Å². The summed E-state index contributed by atoms with van der Waals surface area (Å²) in [5, 5.41) is 1.04. The van der Waals surface area contributed by atoms with Crippen molar-refractivity contribution < 1.29 is 28.2 Å². The molecule has 0 bridgehead atoms. The van der Waals surface area contributed by atoms with Crippen LogP contribution in [0.3, 0.4) is 0 Å². The zero-order valence-electron chi connectivity index (χ0n) is 17.7. The highest BCUT2D eigenvalue weighted by Crippen LogP contribution is 2.44. The van der Waals surface area contributed by atoms with E-state index in [-0.39, 0.29) is 29.3 Å². The summed E-state index contributed by atoms with van der Waals surface area (Å²) < 4.78 is 24.4. The van der Waals surface area contributed by atoms with E-state index in [0.29, 0.717) is 47.4 Å². The van der Waals surface area contributed by atoms with Crippen molar-refractivity contribution in [1.29, 1.82) is 0 Å². The lowest BCUT2D eigenvalue weighted by Gasteiger charge is -2.38. The Morgan fingerprint density at radius 2 is 1.97 bits per heavy atom. The van der Waals surface area contributed by atoms with Gasteiger partial charge in [0.05, 0.1) is 17.7 Å². The summed E-state index contributed by atoms with van der Waals surface area (Å²) in [5.41, 5.74) is 0.856. The van der Waals surface area contributed by atoms with Crippen molar-refractivity contribution in [2.75, 3.05) is 19.7 Å². The maximum atomic E-state index is 13.6. The maximum absolute atomic E-state index is 13.6. The van der Waals surface area contributed by atoms with Crippen molar-refractivity contribution in [1.82, 2.24) is 9.88 Å². The Bertz CT molecular complexity index is 1310. The van der Waals surface area contributed by atoms with Gasteiger partial charge in [0, 0.05) is 47.4 Å². The lowest BCUT2D eigenvalue weighted by Crippen LogP contribution is -2.45. The van der Waals surface area contributed by atoms with Crippen molar-refractivity contribution in [3.8, 4) is 0 Å². The molecule has 0 unspecified atom stereocenters. The number of esters is 2. The molecule has 7 nitrogen and oxygen atoms in total. The van der Waals surface area contributed by atoms with E-state index in [4.69, 9.17) is 21.1 Å². The Labute approximate surface area is 193 Å². The molecule has 0 aliphatic carbocycles. The standard InChI is InChI=1S/C24H20ClFN2O5/c1-2-32-23(31)20-19(15-5-3-13(25)11-18(15)27-20)21(29)28-9-7-24(8-10-28)17-6-4-14(26)12-16(17)22(30)33-24/h3-6,11-12,27H,2,7-10H2,1H3. The van der Waals surface area contributed by atoms with Gasteiger partial charge < -0.3 is 19.4 Å². The van der Waals surface area contributed by atoms with E-state index in [0.717, 1.165) is 0 Å². The number of likely N-dealkylation sites (tertiary alicyclic amines) is 1. The molecule has 0 atom stereocenters. The van der Waals surface area contributed by atoms with Gasteiger partial charge in [-0.2, -0.15) is 0 Å². The molecule has 1 amide bonds. The second-order valence-corrected chi connectivity index (χ2v) is 8.59. The first-order valence-corrected chi connectivity index (χ1v) is 11.0. The SMILES string of the molecule is CCOC(=O)c1[nH]c2cc(Cl)ccc2c1C(=O)N1CCC2(CC1)OC(=O)c1cc(F)ccc12. The van der Waals surface area contributed by atoms with Gasteiger partial charge in [0.15, 0.2) is 0 Å². The van der Waals surface area contributed by atoms with E-state index in [1.54, 1.807) is 36.1 Å². The van der Waals surface area contributed by atoms with Crippen LogP contribution in [0.25, 0.3) is 10.9 Å². The molecule has 3 aromatic rings. The van der Waals surface area contributed by atoms with Crippen LogP contribution in [-0.2, 0) is 15.1 Å². The van der Waals surface area contributed by atoms with Crippen molar-refractivity contribution in [3.63, 3.8) is 0 Å². The van der Waals surface area contributed by atoms with E-state index in [1.807, 2.05) is 0 Å². The first-order chi connectivity index (χ1) is 15.8. The number of nitrogens with one attached hydrogen (secondary N) is 1. The fraction of sp³-hybridized carbons (Fsp3) is 0.292. The van der Waals surface area contributed by atoms with Crippen LogP contribution in [0.1, 0.15) is 56.5 Å². The molecule has 1 saturated heterocycles. The molecule has 1 aromatic heterocycles. The number of ether oxygens (including phenoxy) is 2. The smallest absolute Gasteiger partial charge is 0.355 e. The molecule has 33 heavy (non-hydrogen) atoms. The lowest BCUT2D eigenvalue weighted by molar-refractivity contribution is -0.0389. The largest absolute Gasteiger partial charge is 0.461 e. The molecule has 5 rings (SSSR count). The Balaban J connectivity index is 1.45. The Morgan fingerprint density at radius 3 is 2.70 bits per heavy atom. The average molecular weight is 471 g/mol. The van der Waals surface area contributed by atoms with E-state index in [1.165, 1.54) is 12.1 Å². The number of hydrogen-bond donors (Lipinski definition) is 1. The van der Waals surface area contributed by atoms with E-state index >= 15 is 0 Å². The summed E-state index contributed by atoms with van der Waals surface area (Å²) >= 11 is 6.08. The van der Waals surface area contributed by atoms with Crippen LogP contribution in [0.5, 0.6) is 0 Å². The van der Waals surface area contributed by atoms with Crippen LogP contribution in [0.15, 0.2) is 36.4 Å². The van der Waals surface area contributed by atoms with Gasteiger partial charge in [-0.05, 0) is 31.2 Å². The Hall–Kier alpha value is -3.39. The Kier molecular flexibility index (Phi) is 5.12. The molecule has 3 heterocycles. The highest BCUT2D eigenvalue weighted by atomic mass is 35.5. The zero-order chi connectivity index (χ0) is 23.3. The molecule has 1 fully saturated rings. The second kappa shape index (κ2) is 7.88. The number of rotatable bonds is 3. The summed E-state index contributed by atoms with van der Waals surface area (Å²) in [7, 11) is 0. The van der Waals surface area contributed by atoms with Gasteiger partial charge in [0.2, 0.25) is 0 Å². The van der Waals surface area contributed by atoms with Gasteiger partial charge in [-0.15, -0.1) is 0 Å². The van der Waals surface area contributed by atoms with Crippen LogP contribution in [0.2, 0.25) is 5.02 Å². The molecule has 170 valence electrons. The van der Waals surface area contributed by atoms with Crippen LogP contribution in [0.4, 0.5) is 4.39 Å². The van der Waals surface area contributed by atoms with Crippen molar-refractivity contribution in [3.05, 3.63) is 69.6 Å². The number of H-pyrrole nitrogens is 1. The summed E-state index contributed by atoms with van der Waals surface area (Å²) in [6.45, 7) is 2.45. The molecule has 2 aromatic carbocycles. The monoisotopic (exact) mass is 470 g/mol. The first kappa shape index (κ1) is 21.5. The number of aromatic amines is 1. The molecule has 2 aliphatic rings. The fourth-order valence-electron chi connectivity index (χ4n) is 4.72. The van der Waals surface area contributed by atoms with Crippen molar-refractivity contribution >= 4 is 40.3 Å². The van der Waals surface area contributed by atoms with Gasteiger partial charge >= 0.3 is 11.9 Å². The third-order valence-corrected chi connectivity index (χ3v) is 6.53. The first-order valence-electron chi connectivity index (χ1n) is 10.6. The number of benzene rings is 2. The highest BCUT2D eigenvalue weighted by Gasteiger charge is 2.48. The number of carbonyl (C=O) groups is 3. The number of hydrogen-bond acceptors (Lipinski definition) is 5. The van der Waals surface area contributed by atoms with Crippen LogP contribution >= 0.6 is 11.6 Å². The molecule has 0 saturated carbocycles. The van der Waals surface area contributed by atoms with E-state index < -0.39 is 23.4 Å².